The van der Waals surface area contributed by atoms with Crippen LogP contribution in [-0.4, -0.2) is 61.1 Å². The fourth-order valence-corrected chi connectivity index (χ4v) is 3.98. The number of nitrogens with two attached hydrogens (primary N) is 2. The molecule has 184 valence electrons. The maximum atomic E-state index is 12.6. The molecule has 0 radical (unpaired) electrons. The Kier molecular flexibility index (Phi) is 7.71. The number of anilines is 3. The number of carboxylic acid groups (broad SMARTS) is 2. The minimum Gasteiger partial charge on any atom is -0.481 e. The molecule has 1 aromatic carbocycles. The molecule has 7 N–H and O–H groups in total. The molecule has 0 aliphatic rings. The summed E-state index contributed by atoms with van der Waals surface area (Å²) in [6, 6.07) is 1.26. The number of aliphatic carboxylic acids is 2. The molecule has 3 rings (SSSR count). The quantitative estimate of drug-likeness (QED) is 0.271. The van der Waals surface area contributed by atoms with E-state index in [2.05, 4.69) is 25.3 Å². The summed E-state index contributed by atoms with van der Waals surface area (Å²) in [4.78, 5) is 52.8. The first-order valence-electron chi connectivity index (χ1n) is 9.96. The number of carbonyl (C=O) groups is 3. The Morgan fingerprint density at radius 1 is 1.11 bits per heavy atom. The van der Waals surface area contributed by atoms with Crippen LogP contribution in [0.1, 0.15) is 28.9 Å². The van der Waals surface area contributed by atoms with Crippen molar-refractivity contribution in [3.63, 3.8) is 0 Å². The smallest absolute Gasteiger partial charge is 0.326 e. The SMILES string of the molecule is CN(Cc1cnc2nc(N)nc(N)c2n1)c1c(Cl)cc(C(=O)N[C@H](CCC(=O)O)C(=O)O)cc1Cl. The second-order valence-electron chi connectivity index (χ2n) is 7.44. The van der Waals surface area contributed by atoms with Crippen molar-refractivity contribution >= 4 is 69.7 Å². The lowest BCUT2D eigenvalue weighted by atomic mass is 10.1. The zero-order valence-corrected chi connectivity index (χ0v) is 19.7. The monoisotopic (exact) mass is 522 g/mol. The Labute approximate surface area is 208 Å². The number of carbonyl (C=O) groups excluding carboxylic acids is 1. The molecule has 13 nitrogen and oxygen atoms in total. The molecule has 0 spiro atoms. The van der Waals surface area contributed by atoms with Gasteiger partial charge in [-0.3, -0.25) is 9.59 Å². The minimum atomic E-state index is -1.39. The second kappa shape index (κ2) is 10.5. The van der Waals surface area contributed by atoms with Gasteiger partial charge in [-0.15, -0.1) is 0 Å². The Balaban J connectivity index is 1.80. The standard InChI is InChI=1S/C20H20Cl2N8O5/c1-30(7-9-6-25-17-14(26-9)16(23)28-20(24)29-17)15-10(21)4-8(5-11(15)22)18(33)27-12(19(34)35)2-3-13(31)32/h4-6,12H,2-3,7H2,1H3,(H,27,33)(H,31,32)(H,34,35)(H4,23,24,25,28,29)/t12-/m1/s1. The Bertz CT molecular complexity index is 1300. The topological polar surface area (TPSA) is 211 Å². The maximum Gasteiger partial charge on any atom is 0.326 e. The van der Waals surface area contributed by atoms with E-state index in [0.717, 1.165) is 0 Å². The molecule has 0 unspecified atom stereocenters. The van der Waals surface area contributed by atoms with Crippen molar-refractivity contribution in [1.82, 2.24) is 25.3 Å². The van der Waals surface area contributed by atoms with Gasteiger partial charge in [0.25, 0.3) is 5.91 Å². The predicted molar refractivity (Wildman–Crippen MR) is 128 cm³/mol. The lowest BCUT2D eigenvalue weighted by molar-refractivity contribution is -0.140. The molecule has 2 heterocycles. The van der Waals surface area contributed by atoms with Crippen molar-refractivity contribution in [3.8, 4) is 0 Å². The van der Waals surface area contributed by atoms with Crippen LogP contribution in [0.3, 0.4) is 0 Å². The van der Waals surface area contributed by atoms with E-state index in [1.54, 1.807) is 11.9 Å². The largest absolute Gasteiger partial charge is 0.481 e. The number of nitrogens with zero attached hydrogens (tertiary/aromatic N) is 5. The highest BCUT2D eigenvalue weighted by Crippen LogP contribution is 2.35. The fraction of sp³-hybridized carbons (Fsp3) is 0.250. The highest BCUT2D eigenvalue weighted by molar-refractivity contribution is 6.39. The zero-order valence-electron chi connectivity index (χ0n) is 18.2. The van der Waals surface area contributed by atoms with Crippen molar-refractivity contribution < 1.29 is 24.6 Å². The summed E-state index contributed by atoms with van der Waals surface area (Å²) in [5.74, 6) is -3.25. The average molecular weight is 523 g/mol. The van der Waals surface area contributed by atoms with E-state index >= 15 is 0 Å². The number of nitrogens with one attached hydrogen (secondary N) is 1. The van der Waals surface area contributed by atoms with Crippen LogP contribution >= 0.6 is 23.2 Å². The van der Waals surface area contributed by atoms with Gasteiger partial charge in [-0.1, -0.05) is 23.2 Å². The van der Waals surface area contributed by atoms with E-state index in [1.165, 1.54) is 18.3 Å². The molecule has 15 heteroatoms. The van der Waals surface area contributed by atoms with E-state index in [4.69, 9.17) is 39.8 Å². The van der Waals surface area contributed by atoms with Crippen LogP contribution in [0.15, 0.2) is 18.3 Å². The van der Waals surface area contributed by atoms with E-state index in [0.29, 0.717) is 11.4 Å². The summed E-state index contributed by atoms with van der Waals surface area (Å²) in [5.41, 5.74) is 12.8. The van der Waals surface area contributed by atoms with E-state index in [9.17, 15) is 19.5 Å². The van der Waals surface area contributed by atoms with Crippen molar-refractivity contribution in [1.29, 1.82) is 0 Å². The average Bonchev–Trinajstić information content (AvgIpc) is 2.75. The van der Waals surface area contributed by atoms with Gasteiger partial charge >= 0.3 is 11.9 Å². The molecule has 0 saturated carbocycles. The van der Waals surface area contributed by atoms with Gasteiger partial charge < -0.3 is 31.9 Å². The number of nitrogen functional groups attached to an aromatic ring is 2. The number of halogens is 2. The third kappa shape index (κ3) is 6.13. The van der Waals surface area contributed by atoms with Gasteiger partial charge in [-0.25, -0.2) is 14.8 Å². The molecule has 0 aliphatic carbocycles. The number of aromatic nitrogens is 4. The van der Waals surface area contributed by atoms with Crippen molar-refractivity contribution in [2.75, 3.05) is 23.4 Å². The van der Waals surface area contributed by atoms with Crippen LogP contribution in [0.2, 0.25) is 10.0 Å². The number of hydrogen-bond donors (Lipinski definition) is 5. The number of carboxylic acids is 2. The molecule has 0 fully saturated rings. The van der Waals surface area contributed by atoms with Gasteiger partial charge in [-0.05, 0) is 18.6 Å². The first-order chi connectivity index (χ1) is 16.5. The lowest BCUT2D eigenvalue weighted by Crippen LogP contribution is -2.41. The number of benzene rings is 1. The van der Waals surface area contributed by atoms with E-state index < -0.39 is 30.3 Å². The van der Waals surface area contributed by atoms with Crippen LogP contribution in [-0.2, 0) is 16.1 Å². The van der Waals surface area contributed by atoms with Crippen LogP contribution in [0.5, 0.6) is 0 Å². The predicted octanol–water partition coefficient (Wildman–Crippen LogP) is 1.58. The van der Waals surface area contributed by atoms with Crippen LogP contribution < -0.4 is 21.7 Å². The van der Waals surface area contributed by atoms with Crippen molar-refractivity contribution in [2.24, 2.45) is 0 Å². The molecule has 1 amide bonds. The Morgan fingerprint density at radius 3 is 2.37 bits per heavy atom. The summed E-state index contributed by atoms with van der Waals surface area (Å²) >= 11 is 12.8. The van der Waals surface area contributed by atoms with Gasteiger partial charge in [-0.2, -0.15) is 9.97 Å². The Hall–Kier alpha value is -3.97. The lowest BCUT2D eigenvalue weighted by Gasteiger charge is -2.22. The molecular formula is C20H20Cl2N8O5. The zero-order chi connectivity index (χ0) is 25.9. The number of rotatable bonds is 9. The number of hydrogen-bond acceptors (Lipinski definition) is 10. The van der Waals surface area contributed by atoms with Gasteiger partial charge in [0.2, 0.25) is 5.95 Å². The number of fused-ring (bicyclic) bond motifs is 1. The first-order valence-corrected chi connectivity index (χ1v) is 10.7. The summed E-state index contributed by atoms with van der Waals surface area (Å²) in [7, 11) is 1.69. The highest BCUT2D eigenvalue weighted by Gasteiger charge is 2.23. The van der Waals surface area contributed by atoms with Crippen LogP contribution in [0.25, 0.3) is 11.2 Å². The third-order valence-electron chi connectivity index (χ3n) is 4.81. The van der Waals surface area contributed by atoms with Gasteiger partial charge in [0, 0.05) is 19.0 Å². The molecule has 35 heavy (non-hydrogen) atoms. The molecular weight excluding hydrogens is 503 g/mol. The molecule has 0 aliphatic heterocycles. The van der Waals surface area contributed by atoms with Gasteiger partial charge in [0.1, 0.15) is 6.04 Å². The number of amides is 1. The van der Waals surface area contributed by atoms with Crippen LogP contribution in [0, 0.1) is 0 Å². The second-order valence-corrected chi connectivity index (χ2v) is 8.26. The van der Waals surface area contributed by atoms with Crippen LogP contribution in [0.4, 0.5) is 17.5 Å². The first kappa shape index (κ1) is 25.6. The van der Waals surface area contributed by atoms with E-state index in [-0.39, 0.29) is 51.5 Å². The Morgan fingerprint density at radius 2 is 1.77 bits per heavy atom. The van der Waals surface area contributed by atoms with Crippen molar-refractivity contribution in [3.05, 3.63) is 39.6 Å². The normalized spacial score (nSPS) is 11.7. The van der Waals surface area contributed by atoms with E-state index in [1.807, 2.05) is 0 Å². The highest BCUT2D eigenvalue weighted by atomic mass is 35.5. The summed E-state index contributed by atoms with van der Waals surface area (Å²) in [5, 5.41) is 20.5. The summed E-state index contributed by atoms with van der Waals surface area (Å²) in [6.45, 7) is 0.202. The fourth-order valence-electron chi connectivity index (χ4n) is 3.21. The third-order valence-corrected chi connectivity index (χ3v) is 5.39. The van der Waals surface area contributed by atoms with Gasteiger partial charge in [0.05, 0.1) is 34.2 Å². The molecule has 1 atom stereocenters. The van der Waals surface area contributed by atoms with Gasteiger partial charge in [0.15, 0.2) is 17.0 Å². The molecule has 3 aromatic rings. The maximum absolute atomic E-state index is 12.6. The van der Waals surface area contributed by atoms with Crippen molar-refractivity contribution in [2.45, 2.75) is 25.4 Å². The molecule has 0 bridgehead atoms. The molecule has 0 saturated heterocycles. The molecule has 2 aromatic heterocycles. The summed E-state index contributed by atoms with van der Waals surface area (Å²) in [6.07, 6.45) is 0.774. The minimum absolute atomic E-state index is 0.00623. The summed E-state index contributed by atoms with van der Waals surface area (Å²) < 4.78 is 0.